The first kappa shape index (κ1) is 16.0. The zero-order valence-electron chi connectivity index (χ0n) is 14.6. The SMILES string of the molecule is CC(C)n1c(Nc2ccccn2)nc2c(Nc3ccccc3)ncnc21. The molecule has 0 saturated carbocycles. The molecule has 0 saturated heterocycles. The number of fused-ring (bicyclic) bond motifs is 1. The number of aromatic nitrogens is 5. The van der Waals surface area contributed by atoms with Crippen molar-refractivity contribution in [2.75, 3.05) is 10.6 Å². The van der Waals surface area contributed by atoms with Crippen LogP contribution in [0.15, 0.2) is 61.1 Å². The Kier molecular flexibility index (Phi) is 4.18. The Balaban J connectivity index is 1.80. The summed E-state index contributed by atoms with van der Waals surface area (Å²) in [4.78, 5) is 17.9. The fourth-order valence-electron chi connectivity index (χ4n) is 2.79. The van der Waals surface area contributed by atoms with E-state index in [0.29, 0.717) is 17.3 Å². The Bertz CT molecular complexity index is 1010. The van der Waals surface area contributed by atoms with Crippen molar-refractivity contribution < 1.29 is 0 Å². The molecule has 3 heterocycles. The van der Waals surface area contributed by atoms with Crippen LogP contribution in [0.25, 0.3) is 11.2 Å². The topological polar surface area (TPSA) is 80.5 Å². The van der Waals surface area contributed by atoms with Crippen LogP contribution in [0.5, 0.6) is 0 Å². The molecule has 0 amide bonds. The van der Waals surface area contributed by atoms with E-state index in [2.05, 4.69) is 39.4 Å². The smallest absolute Gasteiger partial charge is 0.211 e. The third-order valence-corrected chi connectivity index (χ3v) is 3.93. The second-order valence-electron chi connectivity index (χ2n) is 6.12. The van der Waals surface area contributed by atoms with Crippen molar-refractivity contribution in [3.05, 3.63) is 61.1 Å². The lowest BCUT2D eigenvalue weighted by atomic mass is 10.3. The summed E-state index contributed by atoms with van der Waals surface area (Å²) in [7, 11) is 0. The predicted molar refractivity (Wildman–Crippen MR) is 103 cm³/mol. The molecule has 4 rings (SSSR count). The maximum absolute atomic E-state index is 4.75. The predicted octanol–water partition coefficient (Wildman–Crippen LogP) is 4.29. The summed E-state index contributed by atoms with van der Waals surface area (Å²) in [5, 5.41) is 6.60. The van der Waals surface area contributed by atoms with E-state index in [1.165, 1.54) is 0 Å². The zero-order chi connectivity index (χ0) is 17.9. The number of hydrogen-bond acceptors (Lipinski definition) is 6. The highest BCUT2D eigenvalue weighted by Gasteiger charge is 2.18. The summed E-state index contributed by atoms with van der Waals surface area (Å²) in [6.45, 7) is 4.19. The van der Waals surface area contributed by atoms with E-state index in [1.807, 2.05) is 53.1 Å². The van der Waals surface area contributed by atoms with Crippen LogP contribution in [0.3, 0.4) is 0 Å². The van der Waals surface area contributed by atoms with E-state index in [1.54, 1.807) is 12.5 Å². The molecule has 0 fully saturated rings. The summed E-state index contributed by atoms with van der Waals surface area (Å²) in [5.41, 5.74) is 2.43. The van der Waals surface area contributed by atoms with Gasteiger partial charge in [0.15, 0.2) is 17.0 Å². The Hall–Kier alpha value is -3.48. The van der Waals surface area contributed by atoms with Crippen molar-refractivity contribution in [2.45, 2.75) is 19.9 Å². The highest BCUT2D eigenvalue weighted by atomic mass is 15.3. The molecule has 1 aromatic carbocycles. The maximum Gasteiger partial charge on any atom is 0.211 e. The van der Waals surface area contributed by atoms with Crippen LogP contribution in [-0.4, -0.2) is 24.5 Å². The van der Waals surface area contributed by atoms with Crippen molar-refractivity contribution in [2.24, 2.45) is 0 Å². The second-order valence-corrected chi connectivity index (χ2v) is 6.12. The maximum atomic E-state index is 4.75. The fourth-order valence-corrected chi connectivity index (χ4v) is 2.79. The lowest BCUT2D eigenvalue weighted by molar-refractivity contribution is 0.620. The number of para-hydroxylation sites is 1. The molecule has 0 aliphatic carbocycles. The molecule has 0 spiro atoms. The molecule has 7 nitrogen and oxygen atoms in total. The molecule has 26 heavy (non-hydrogen) atoms. The molecule has 0 aliphatic heterocycles. The molecule has 0 atom stereocenters. The zero-order valence-corrected chi connectivity index (χ0v) is 14.6. The lowest BCUT2D eigenvalue weighted by Crippen LogP contribution is -2.07. The van der Waals surface area contributed by atoms with Crippen LogP contribution in [0.4, 0.5) is 23.3 Å². The van der Waals surface area contributed by atoms with E-state index >= 15 is 0 Å². The normalized spacial score (nSPS) is 11.0. The Labute approximate surface area is 151 Å². The lowest BCUT2D eigenvalue weighted by Gasteiger charge is -2.13. The molecule has 3 aromatic heterocycles. The van der Waals surface area contributed by atoms with Crippen LogP contribution in [-0.2, 0) is 0 Å². The van der Waals surface area contributed by atoms with Crippen LogP contribution < -0.4 is 10.6 Å². The van der Waals surface area contributed by atoms with Gasteiger partial charge in [-0.3, -0.25) is 4.57 Å². The average Bonchev–Trinajstić information content (AvgIpc) is 3.02. The van der Waals surface area contributed by atoms with Gasteiger partial charge < -0.3 is 10.6 Å². The van der Waals surface area contributed by atoms with Crippen molar-refractivity contribution in [3.63, 3.8) is 0 Å². The number of anilines is 4. The quantitative estimate of drug-likeness (QED) is 0.562. The largest absolute Gasteiger partial charge is 0.338 e. The van der Waals surface area contributed by atoms with Gasteiger partial charge in [-0.15, -0.1) is 0 Å². The first-order chi connectivity index (χ1) is 12.7. The average molecular weight is 345 g/mol. The monoisotopic (exact) mass is 345 g/mol. The molecule has 0 aliphatic rings. The van der Waals surface area contributed by atoms with Crippen molar-refractivity contribution >= 4 is 34.4 Å². The second kappa shape index (κ2) is 6.79. The van der Waals surface area contributed by atoms with Gasteiger partial charge in [0.2, 0.25) is 5.95 Å². The van der Waals surface area contributed by atoms with E-state index in [-0.39, 0.29) is 6.04 Å². The molecule has 4 aromatic rings. The first-order valence-corrected chi connectivity index (χ1v) is 8.45. The third kappa shape index (κ3) is 3.06. The summed E-state index contributed by atoms with van der Waals surface area (Å²) >= 11 is 0. The Morgan fingerprint density at radius 3 is 2.42 bits per heavy atom. The number of imidazole rings is 1. The summed E-state index contributed by atoms with van der Waals surface area (Å²) < 4.78 is 2.04. The molecule has 0 radical (unpaired) electrons. The highest BCUT2D eigenvalue weighted by molar-refractivity contribution is 5.87. The molecule has 2 N–H and O–H groups in total. The summed E-state index contributed by atoms with van der Waals surface area (Å²) in [6, 6.07) is 15.8. The van der Waals surface area contributed by atoms with E-state index in [0.717, 1.165) is 17.2 Å². The molecular formula is C19H19N7. The molecule has 0 unspecified atom stereocenters. The van der Waals surface area contributed by atoms with Gasteiger partial charge in [0.1, 0.15) is 12.1 Å². The minimum absolute atomic E-state index is 0.172. The molecule has 7 heteroatoms. The minimum Gasteiger partial charge on any atom is -0.338 e. The standard InChI is InChI=1S/C19H19N7/c1-13(2)26-18-16(25-19(26)24-15-10-6-7-11-20-15)17(21-12-22-18)23-14-8-4-3-5-9-14/h3-13H,1-2H3,(H,20,24,25)(H,21,22,23). The van der Waals surface area contributed by atoms with Crippen molar-refractivity contribution in [1.82, 2.24) is 24.5 Å². The van der Waals surface area contributed by atoms with Crippen LogP contribution in [0, 0.1) is 0 Å². The van der Waals surface area contributed by atoms with Crippen molar-refractivity contribution in [1.29, 1.82) is 0 Å². The minimum atomic E-state index is 0.172. The van der Waals surface area contributed by atoms with Crippen LogP contribution >= 0.6 is 0 Å². The van der Waals surface area contributed by atoms with Crippen molar-refractivity contribution in [3.8, 4) is 0 Å². The summed E-state index contributed by atoms with van der Waals surface area (Å²) in [6.07, 6.45) is 3.30. The Morgan fingerprint density at radius 1 is 0.885 bits per heavy atom. The van der Waals surface area contributed by atoms with E-state index in [4.69, 9.17) is 4.98 Å². The number of hydrogen-bond donors (Lipinski definition) is 2. The van der Waals surface area contributed by atoms with Gasteiger partial charge in [-0.05, 0) is 38.1 Å². The van der Waals surface area contributed by atoms with Gasteiger partial charge in [-0.2, -0.15) is 0 Å². The molecule has 0 bridgehead atoms. The Morgan fingerprint density at radius 2 is 1.69 bits per heavy atom. The first-order valence-electron chi connectivity index (χ1n) is 8.45. The highest BCUT2D eigenvalue weighted by Crippen LogP contribution is 2.29. The summed E-state index contributed by atoms with van der Waals surface area (Å²) in [5.74, 6) is 2.09. The number of rotatable bonds is 5. The molecular weight excluding hydrogens is 326 g/mol. The number of benzene rings is 1. The van der Waals surface area contributed by atoms with E-state index in [9.17, 15) is 0 Å². The third-order valence-electron chi connectivity index (χ3n) is 3.93. The van der Waals surface area contributed by atoms with E-state index < -0.39 is 0 Å². The van der Waals surface area contributed by atoms with Gasteiger partial charge in [0.25, 0.3) is 0 Å². The fraction of sp³-hybridized carbons (Fsp3) is 0.158. The van der Waals surface area contributed by atoms with Gasteiger partial charge in [-0.1, -0.05) is 24.3 Å². The molecule has 130 valence electrons. The van der Waals surface area contributed by atoms with Crippen LogP contribution in [0.1, 0.15) is 19.9 Å². The van der Waals surface area contributed by atoms with Gasteiger partial charge >= 0.3 is 0 Å². The number of nitrogens with zero attached hydrogens (tertiary/aromatic N) is 5. The van der Waals surface area contributed by atoms with Gasteiger partial charge in [0, 0.05) is 17.9 Å². The van der Waals surface area contributed by atoms with Gasteiger partial charge in [0.05, 0.1) is 0 Å². The number of pyridine rings is 1. The van der Waals surface area contributed by atoms with Gasteiger partial charge in [-0.25, -0.2) is 19.9 Å². The number of nitrogens with one attached hydrogen (secondary N) is 2. The van der Waals surface area contributed by atoms with Crippen LogP contribution in [0.2, 0.25) is 0 Å².